The van der Waals surface area contributed by atoms with Crippen LogP contribution in [0.4, 0.5) is 28.4 Å². The largest absolute Gasteiger partial charge is 0.334 e. The minimum atomic E-state index is 0.202. The molecule has 0 spiro atoms. The Morgan fingerprint density at radius 2 is 1.19 bits per heavy atom. The molecule has 0 radical (unpaired) electrons. The number of hydrogen-bond donors (Lipinski definition) is 0. The molecule has 4 heterocycles. The molecule has 0 saturated carbocycles. The lowest BCUT2D eigenvalue weighted by Crippen LogP contribution is -2.61. The molecule has 11 rings (SSSR count). The van der Waals surface area contributed by atoms with Gasteiger partial charge in [-0.15, -0.1) is 23.1 Å². The molecule has 0 bridgehead atoms. The maximum Gasteiger partial charge on any atom is 0.246 e. The quantitative estimate of drug-likeness (QED) is 0.175. The van der Waals surface area contributed by atoms with Crippen LogP contribution >= 0.6 is 23.1 Å². The third-order valence-electron chi connectivity index (χ3n) is 10.4. The van der Waals surface area contributed by atoms with Gasteiger partial charge in [0.05, 0.1) is 11.7 Å². The second kappa shape index (κ2) is 9.77. The van der Waals surface area contributed by atoms with Gasteiger partial charge in [0.25, 0.3) is 0 Å². The number of benzene rings is 7. The first-order chi connectivity index (χ1) is 23.3. The van der Waals surface area contributed by atoms with Crippen LogP contribution in [0.1, 0.15) is 11.6 Å². The van der Waals surface area contributed by atoms with E-state index in [1.807, 2.05) is 11.3 Å². The standard InChI is InChI=1S/C42H27BN2S2/c1-3-14-28(15-4-1)44-34-20-11-21-35-36(34)43(41-37(44)32-24-22-26-12-7-9-18-30(26)39(32)46-41)42-38(45(35)29-16-5-2-6-17-29)33-25-23-27-13-8-10-19-31(27)40(33)47-42/h1-25,37,41H. The lowest BCUT2D eigenvalue weighted by molar-refractivity contribution is 0.748. The number of thioether (sulfide) groups is 1. The molecule has 8 aromatic rings. The molecule has 47 heavy (non-hydrogen) atoms. The van der Waals surface area contributed by atoms with Crippen LogP contribution in [0.25, 0.3) is 31.6 Å². The van der Waals surface area contributed by atoms with Gasteiger partial charge in [0.1, 0.15) is 0 Å². The van der Waals surface area contributed by atoms with Crippen molar-refractivity contribution < 1.29 is 0 Å². The normalized spacial score (nSPS) is 17.6. The lowest BCUT2D eigenvalue weighted by Gasteiger charge is -2.47. The van der Waals surface area contributed by atoms with Crippen molar-refractivity contribution in [1.82, 2.24) is 0 Å². The Balaban J connectivity index is 1.26. The van der Waals surface area contributed by atoms with E-state index in [0.717, 1.165) is 0 Å². The summed E-state index contributed by atoms with van der Waals surface area (Å²) in [6.07, 6.45) is 0. The number of nitrogens with zero attached hydrogens (tertiary/aromatic N) is 2. The highest BCUT2D eigenvalue weighted by Crippen LogP contribution is 2.58. The van der Waals surface area contributed by atoms with Crippen LogP contribution in [-0.4, -0.2) is 11.9 Å². The zero-order chi connectivity index (χ0) is 30.6. The zero-order valence-electron chi connectivity index (χ0n) is 25.4. The molecule has 0 aliphatic carbocycles. The van der Waals surface area contributed by atoms with E-state index in [-0.39, 0.29) is 12.8 Å². The van der Waals surface area contributed by atoms with Crippen molar-refractivity contribution in [2.24, 2.45) is 0 Å². The van der Waals surface area contributed by atoms with E-state index in [9.17, 15) is 0 Å². The van der Waals surface area contributed by atoms with E-state index < -0.39 is 0 Å². The van der Waals surface area contributed by atoms with Gasteiger partial charge < -0.3 is 9.80 Å². The van der Waals surface area contributed by atoms with Crippen LogP contribution in [0.5, 0.6) is 0 Å². The summed E-state index contributed by atoms with van der Waals surface area (Å²) in [5.74, 6) is 0. The predicted octanol–water partition coefficient (Wildman–Crippen LogP) is 10.5. The summed E-state index contributed by atoms with van der Waals surface area (Å²) >= 11 is 4.13. The Kier molecular flexibility index (Phi) is 5.44. The number of fused-ring (bicyclic) bond motifs is 12. The van der Waals surface area contributed by atoms with E-state index >= 15 is 0 Å². The Morgan fingerprint density at radius 3 is 2.00 bits per heavy atom. The van der Waals surface area contributed by atoms with Crippen LogP contribution < -0.4 is 20.0 Å². The van der Waals surface area contributed by atoms with Gasteiger partial charge in [-0.25, -0.2) is 0 Å². The van der Waals surface area contributed by atoms with Crippen molar-refractivity contribution in [3.63, 3.8) is 0 Å². The summed E-state index contributed by atoms with van der Waals surface area (Å²) in [5.41, 5.74) is 9.29. The molecule has 2 atom stereocenters. The van der Waals surface area contributed by atoms with Crippen molar-refractivity contribution in [2.75, 3.05) is 9.80 Å². The van der Waals surface area contributed by atoms with Crippen LogP contribution in [0, 0.1) is 0 Å². The lowest BCUT2D eigenvalue weighted by atomic mass is 9.36. The fourth-order valence-corrected chi connectivity index (χ4v) is 11.8. The molecule has 1 aromatic heterocycles. The van der Waals surface area contributed by atoms with Gasteiger partial charge in [-0.3, -0.25) is 0 Å². The Bertz CT molecular complexity index is 2540. The Morgan fingerprint density at radius 1 is 0.532 bits per heavy atom. The van der Waals surface area contributed by atoms with Crippen molar-refractivity contribution in [1.29, 1.82) is 0 Å². The average Bonchev–Trinajstić information content (AvgIpc) is 3.72. The first-order valence-electron chi connectivity index (χ1n) is 16.3. The summed E-state index contributed by atoms with van der Waals surface area (Å²) in [5, 5.41) is 6.97. The van der Waals surface area contributed by atoms with Gasteiger partial charge >= 0.3 is 0 Å². The molecular weight excluding hydrogens is 607 g/mol. The highest BCUT2D eigenvalue weighted by atomic mass is 32.2. The topological polar surface area (TPSA) is 6.48 Å². The Labute approximate surface area is 282 Å². The maximum absolute atomic E-state index is 2.66. The molecule has 0 fully saturated rings. The number of para-hydroxylation sites is 2. The molecule has 2 unspecified atom stereocenters. The van der Waals surface area contributed by atoms with Crippen molar-refractivity contribution in [3.8, 4) is 0 Å². The fourth-order valence-electron chi connectivity index (χ4n) is 8.52. The van der Waals surface area contributed by atoms with Gasteiger partial charge in [0, 0.05) is 47.7 Å². The minimum Gasteiger partial charge on any atom is -0.334 e. The SMILES string of the molecule is c1ccc(N2c3cccc4c3B(c3sc5c(ccc6ccccc65)c32)C2Sc3c(ccc5ccccc35)C2N4c2ccccc2)cc1. The van der Waals surface area contributed by atoms with Crippen molar-refractivity contribution >= 4 is 100 Å². The third-order valence-corrected chi connectivity index (χ3v) is 13.2. The molecule has 5 heteroatoms. The first kappa shape index (κ1) is 26.1. The van der Waals surface area contributed by atoms with Crippen LogP contribution in [-0.2, 0) is 0 Å². The van der Waals surface area contributed by atoms with Gasteiger partial charge in [0.2, 0.25) is 6.71 Å². The highest BCUT2D eigenvalue weighted by molar-refractivity contribution is 8.02. The van der Waals surface area contributed by atoms with Gasteiger partial charge in [-0.1, -0.05) is 115 Å². The number of thiophene rings is 1. The molecule has 2 nitrogen and oxygen atoms in total. The van der Waals surface area contributed by atoms with Crippen LogP contribution in [0.2, 0.25) is 0 Å². The first-order valence-corrected chi connectivity index (χ1v) is 18.0. The number of hydrogen-bond acceptors (Lipinski definition) is 4. The summed E-state index contributed by atoms with van der Waals surface area (Å²) in [4.78, 5) is 6.65. The molecule has 0 amide bonds. The summed E-state index contributed by atoms with van der Waals surface area (Å²) in [6.45, 7) is 0.244. The highest BCUT2D eigenvalue weighted by Gasteiger charge is 2.55. The minimum absolute atomic E-state index is 0.202. The average molecular weight is 635 g/mol. The smallest absolute Gasteiger partial charge is 0.246 e. The molecule has 3 aliphatic rings. The van der Waals surface area contributed by atoms with E-state index in [0.29, 0.717) is 5.15 Å². The van der Waals surface area contributed by atoms with Crippen molar-refractivity contribution in [3.05, 3.63) is 157 Å². The molecule has 0 N–H and O–H groups in total. The van der Waals surface area contributed by atoms with Gasteiger partial charge in [0.15, 0.2) is 0 Å². The second-order valence-corrected chi connectivity index (χ2v) is 15.0. The third kappa shape index (κ3) is 3.53. The summed E-state index contributed by atoms with van der Waals surface area (Å²) < 4.78 is 2.86. The van der Waals surface area contributed by atoms with E-state index in [1.165, 1.54) is 80.8 Å². The molecular formula is C42H27BN2S2. The molecule has 220 valence electrons. The number of anilines is 5. The Hall–Kier alpha value is -4.97. The monoisotopic (exact) mass is 634 g/mol. The number of rotatable bonds is 2. The maximum atomic E-state index is 2.66. The van der Waals surface area contributed by atoms with Crippen LogP contribution in [0.3, 0.4) is 0 Å². The summed E-state index contributed by atoms with van der Waals surface area (Å²) in [7, 11) is 0. The van der Waals surface area contributed by atoms with E-state index in [4.69, 9.17) is 0 Å². The molecule has 0 saturated heterocycles. The molecule has 3 aliphatic heterocycles. The fraction of sp³-hybridized carbons (Fsp3) is 0.0476. The zero-order valence-corrected chi connectivity index (χ0v) is 27.0. The van der Waals surface area contributed by atoms with E-state index in [1.54, 1.807) is 0 Å². The van der Waals surface area contributed by atoms with Gasteiger partial charge in [-0.2, -0.15) is 0 Å². The summed E-state index contributed by atoms with van der Waals surface area (Å²) in [6, 6.07) is 56.5. The van der Waals surface area contributed by atoms with Crippen molar-refractivity contribution in [2.45, 2.75) is 16.1 Å². The van der Waals surface area contributed by atoms with Crippen LogP contribution in [0.15, 0.2) is 157 Å². The molecule has 7 aromatic carbocycles. The second-order valence-electron chi connectivity index (χ2n) is 12.8. The predicted molar refractivity (Wildman–Crippen MR) is 204 cm³/mol. The van der Waals surface area contributed by atoms with Gasteiger partial charge in [-0.05, 0) is 69.0 Å². The van der Waals surface area contributed by atoms with E-state index in [2.05, 4.69) is 173 Å².